The van der Waals surface area contributed by atoms with E-state index in [4.69, 9.17) is 4.74 Å². The molecule has 2 fully saturated rings. The second-order valence-corrected chi connectivity index (χ2v) is 5.01. The van der Waals surface area contributed by atoms with Crippen molar-refractivity contribution in [3.63, 3.8) is 0 Å². The van der Waals surface area contributed by atoms with E-state index in [2.05, 4.69) is 16.8 Å². The van der Waals surface area contributed by atoms with E-state index >= 15 is 0 Å². The molecule has 0 N–H and O–H groups in total. The van der Waals surface area contributed by atoms with E-state index in [1.807, 2.05) is 7.11 Å². The Hall–Kier alpha value is -0.120. The van der Waals surface area contributed by atoms with Crippen LogP contribution in [0.5, 0.6) is 0 Å². The minimum Gasteiger partial charge on any atom is -0.381 e. The third-order valence-corrected chi connectivity index (χ3v) is 4.01. The predicted molar refractivity (Wildman–Crippen MR) is 62.1 cm³/mol. The first-order valence-corrected chi connectivity index (χ1v) is 6.25. The monoisotopic (exact) mass is 212 g/mol. The Kier molecular flexibility index (Phi) is 4.00. The molecule has 0 unspecified atom stereocenters. The number of likely N-dealkylation sites (tertiary alicyclic amines) is 2. The number of rotatable bonds is 2. The van der Waals surface area contributed by atoms with Gasteiger partial charge in [0.1, 0.15) is 0 Å². The molecule has 0 amide bonds. The van der Waals surface area contributed by atoms with Crippen LogP contribution in [-0.2, 0) is 4.74 Å². The van der Waals surface area contributed by atoms with Gasteiger partial charge >= 0.3 is 0 Å². The van der Waals surface area contributed by atoms with Gasteiger partial charge in [-0.1, -0.05) is 0 Å². The lowest BCUT2D eigenvalue weighted by Gasteiger charge is -2.40. The zero-order valence-corrected chi connectivity index (χ0v) is 10.1. The molecule has 0 radical (unpaired) electrons. The van der Waals surface area contributed by atoms with E-state index in [0.29, 0.717) is 6.10 Å². The lowest BCUT2D eigenvalue weighted by Crippen LogP contribution is -2.47. The summed E-state index contributed by atoms with van der Waals surface area (Å²) >= 11 is 0. The topological polar surface area (TPSA) is 15.7 Å². The second kappa shape index (κ2) is 5.28. The highest BCUT2D eigenvalue weighted by Gasteiger charge is 2.26. The van der Waals surface area contributed by atoms with Gasteiger partial charge in [-0.05, 0) is 45.8 Å². The summed E-state index contributed by atoms with van der Waals surface area (Å²) in [5.74, 6) is 0. The van der Waals surface area contributed by atoms with Gasteiger partial charge in [0.05, 0.1) is 6.10 Å². The molecule has 2 aliphatic rings. The molecule has 15 heavy (non-hydrogen) atoms. The standard InChI is InChI=1S/C12H24N2O/c1-13-7-3-11(4-8-13)14-9-5-12(15-2)6-10-14/h11-12H,3-10H2,1-2H3. The Morgan fingerprint density at radius 2 is 1.53 bits per heavy atom. The van der Waals surface area contributed by atoms with Crippen LogP contribution in [0.4, 0.5) is 0 Å². The maximum atomic E-state index is 5.41. The van der Waals surface area contributed by atoms with Crippen molar-refractivity contribution in [3.05, 3.63) is 0 Å². The SMILES string of the molecule is COC1CCN(C2CCN(C)CC2)CC1. The van der Waals surface area contributed by atoms with Crippen molar-refractivity contribution in [1.82, 2.24) is 9.80 Å². The van der Waals surface area contributed by atoms with Gasteiger partial charge in [-0.2, -0.15) is 0 Å². The number of methoxy groups -OCH3 is 1. The summed E-state index contributed by atoms with van der Waals surface area (Å²) in [6.07, 6.45) is 5.68. The fraction of sp³-hybridized carbons (Fsp3) is 1.00. The zero-order valence-electron chi connectivity index (χ0n) is 10.1. The van der Waals surface area contributed by atoms with Crippen molar-refractivity contribution in [2.24, 2.45) is 0 Å². The molecule has 0 saturated carbocycles. The van der Waals surface area contributed by atoms with Gasteiger partial charge in [0.2, 0.25) is 0 Å². The number of nitrogens with zero attached hydrogens (tertiary/aromatic N) is 2. The molecule has 3 heteroatoms. The first kappa shape index (κ1) is 11.4. The van der Waals surface area contributed by atoms with Crippen molar-refractivity contribution in [1.29, 1.82) is 0 Å². The average molecular weight is 212 g/mol. The average Bonchev–Trinajstić information content (AvgIpc) is 2.30. The van der Waals surface area contributed by atoms with Crippen molar-refractivity contribution < 1.29 is 4.74 Å². The van der Waals surface area contributed by atoms with Gasteiger partial charge in [0, 0.05) is 26.2 Å². The molecule has 0 aromatic carbocycles. The molecule has 2 rings (SSSR count). The molecule has 0 aliphatic carbocycles. The van der Waals surface area contributed by atoms with E-state index in [-0.39, 0.29) is 0 Å². The first-order chi connectivity index (χ1) is 7.29. The molecule has 88 valence electrons. The molecule has 0 bridgehead atoms. The maximum absolute atomic E-state index is 5.41. The fourth-order valence-electron chi connectivity index (χ4n) is 2.84. The highest BCUT2D eigenvalue weighted by atomic mass is 16.5. The van der Waals surface area contributed by atoms with Crippen LogP contribution >= 0.6 is 0 Å². The fourth-order valence-corrected chi connectivity index (χ4v) is 2.84. The minimum atomic E-state index is 0.521. The Bertz CT molecular complexity index is 182. The lowest BCUT2D eigenvalue weighted by atomic mass is 9.99. The zero-order chi connectivity index (χ0) is 10.7. The van der Waals surface area contributed by atoms with Crippen LogP contribution < -0.4 is 0 Å². The van der Waals surface area contributed by atoms with Crippen molar-refractivity contribution in [2.75, 3.05) is 40.3 Å². The molecular weight excluding hydrogens is 188 g/mol. The third kappa shape index (κ3) is 2.92. The van der Waals surface area contributed by atoms with Crippen LogP contribution in [0.25, 0.3) is 0 Å². The smallest absolute Gasteiger partial charge is 0.0595 e. The number of ether oxygens (including phenoxy) is 1. The van der Waals surface area contributed by atoms with Gasteiger partial charge in [0.25, 0.3) is 0 Å². The van der Waals surface area contributed by atoms with Gasteiger partial charge in [0.15, 0.2) is 0 Å². The Labute approximate surface area is 93.4 Å². The lowest BCUT2D eigenvalue weighted by molar-refractivity contribution is 0.0162. The molecule has 0 atom stereocenters. The normalized spacial score (nSPS) is 28.4. The molecule has 2 heterocycles. The van der Waals surface area contributed by atoms with E-state index in [1.165, 1.54) is 51.9 Å². The Balaban J connectivity index is 1.75. The van der Waals surface area contributed by atoms with Crippen LogP contribution in [0.3, 0.4) is 0 Å². The third-order valence-electron chi connectivity index (χ3n) is 4.01. The molecule has 0 spiro atoms. The van der Waals surface area contributed by atoms with E-state index in [9.17, 15) is 0 Å². The molecular formula is C12H24N2O. The molecule has 0 aromatic rings. The van der Waals surface area contributed by atoms with Crippen LogP contribution in [-0.4, -0.2) is 62.3 Å². The maximum Gasteiger partial charge on any atom is 0.0595 e. The number of hydrogen-bond acceptors (Lipinski definition) is 3. The van der Waals surface area contributed by atoms with E-state index < -0.39 is 0 Å². The molecule has 2 aliphatic heterocycles. The number of hydrogen-bond donors (Lipinski definition) is 0. The summed E-state index contributed by atoms with van der Waals surface area (Å²) in [7, 11) is 4.07. The summed E-state index contributed by atoms with van der Waals surface area (Å²) in [5.41, 5.74) is 0. The first-order valence-electron chi connectivity index (χ1n) is 6.25. The van der Waals surface area contributed by atoms with Crippen molar-refractivity contribution >= 4 is 0 Å². The molecule has 0 aromatic heterocycles. The van der Waals surface area contributed by atoms with Crippen LogP contribution in [0, 0.1) is 0 Å². The van der Waals surface area contributed by atoms with Gasteiger partial charge in [-0.3, -0.25) is 0 Å². The predicted octanol–water partition coefficient (Wildman–Crippen LogP) is 1.19. The highest BCUT2D eigenvalue weighted by molar-refractivity contribution is 4.82. The van der Waals surface area contributed by atoms with Gasteiger partial charge in [-0.15, -0.1) is 0 Å². The van der Waals surface area contributed by atoms with Gasteiger partial charge in [-0.25, -0.2) is 0 Å². The number of piperidine rings is 2. The van der Waals surface area contributed by atoms with Crippen LogP contribution in [0.15, 0.2) is 0 Å². The minimum absolute atomic E-state index is 0.521. The van der Waals surface area contributed by atoms with Crippen molar-refractivity contribution in [3.8, 4) is 0 Å². The summed E-state index contributed by atoms with van der Waals surface area (Å²) in [6, 6.07) is 0.846. The van der Waals surface area contributed by atoms with E-state index in [0.717, 1.165) is 6.04 Å². The Morgan fingerprint density at radius 1 is 0.933 bits per heavy atom. The summed E-state index contributed by atoms with van der Waals surface area (Å²) in [4.78, 5) is 5.13. The van der Waals surface area contributed by atoms with Crippen molar-refractivity contribution in [2.45, 2.75) is 37.8 Å². The Morgan fingerprint density at radius 3 is 2.07 bits per heavy atom. The highest BCUT2D eigenvalue weighted by Crippen LogP contribution is 2.21. The summed E-state index contributed by atoms with van der Waals surface area (Å²) < 4.78 is 5.41. The molecule has 3 nitrogen and oxygen atoms in total. The second-order valence-electron chi connectivity index (χ2n) is 5.01. The summed E-state index contributed by atoms with van der Waals surface area (Å²) in [6.45, 7) is 5.03. The largest absolute Gasteiger partial charge is 0.381 e. The quantitative estimate of drug-likeness (QED) is 0.684. The van der Waals surface area contributed by atoms with Crippen LogP contribution in [0.1, 0.15) is 25.7 Å². The van der Waals surface area contributed by atoms with E-state index in [1.54, 1.807) is 0 Å². The van der Waals surface area contributed by atoms with Crippen LogP contribution in [0.2, 0.25) is 0 Å². The van der Waals surface area contributed by atoms with Gasteiger partial charge < -0.3 is 14.5 Å². The summed E-state index contributed by atoms with van der Waals surface area (Å²) in [5, 5.41) is 0. The molecule has 2 saturated heterocycles.